The maximum Gasteiger partial charge on any atom is 0.281 e. The van der Waals surface area contributed by atoms with Crippen molar-refractivity contribution in [3.05, 3.63) is 47.8 Å². The van der Waals surface area contributed by atoms with Crippen molar-refractivity contribution >= 4 is 27.3 Å². The van der Waals surface area contributed by atoms with E-state index in [1.165, 1.54) is 48.9 Å². The highest BCUT2D eigenvalue weighted by Crippen LogP contribution is 2.28. The number of aliphatic hydroxyl groups is 1. The first-order valence-corrected chi connectivity index (χ1v) is 14.2. The van der Waals surface area contributed by atoms with Crippen molar-refractivity contribution in [1.82, 2.24) is 28.5 Å². The zero-order valence-corrected chi connectivity index (χ0v) is 23.6. The molecule has 214 valence electrons. The molecule has 14 heteroatoms. The van der Waals surface area contributed by atoms with E-state index in [9.17, 15) is 28.0 Å². The van der Waals surface area contributed by atoms with Gasteiger partial charge in [0.1, 0.15) is 12.2 Å². The Bertz CT molecular complexity index is 1540. The van der Waals surface area contributed by atoms with Crippen LogP contribution < -0.4 is 10.6 Å². The largest absolute Gasteiger partial charge is 0.387 e. The molecule has 40 heavy (non-hydrogen) atoms. The number of piperidine rings is 1. The molecular formula is C26H33FN8O4S. The van der Waals surface area contributed by atoms with Gasteiger partial charge in [0.25, 0.3) is 16.1 Å². The smallest absolute Gasteiger partial charge is 0.281 e. The average Bonchev–Trinajstić information content (AvgIpc) is 3.34. The number of nitriles is 1. The molecule has 12 nitrogen and oxygen atoms in total. The summed E-state index contributed by atoms with van der Waals surface area (Å²) in [5, 5.41) is 29.3. The monoisotopic (exact) mass is 572 g/mol. The molecular weight excluding hydrogens is 539 g/mol. The lowest BCUT2D eigenvalue weighted by atomic mass is 10.0. The van der Waals surface area contributed by atoms with E-state index in [1.54, 1.807) is 28.8 Å². The molecule has 1 unspecified atom stereocenters. The lowest BCUT2D eigenvalue weighted by molar-refractivity contribution is -0.00177. The van der Waals surface area contributed by atoms with Crippen LogP contribution in [0.25, 0.3) is 16.9 Å². The molecule has 3 N–H and O–H groups in total. The van der Waals surface area contributed by atoms with Gasteiger partial charge in [-0.1, -0.05) is 0 Å². The SMILES string of the molecule is CN(C)S(=O)(=O)N1CCC(Nc2cc(-c3ccc4cc(C#N)cnn34)ncc2C(=O)NCC(F)C(C)(C)O)CC1. The molecule has 3 aromatic heterocycles. The van der Waals surface area contributed by atoms with Crippen molar-refractivity contribution in [2.45, 2.75) is 44.5 Å². The van der Waals surface area contributed by atoms with E-state index in [-0.39, 0.29) is 11.6 Å². The predicted octanol–water partition coefficient (Wildman–Crippen LogP) is 1.79. The number of hydrogen-bond acceptors (Lipinski definition) is 8. The molecule has 1 atom stereocenters. The molecule has 1 amide bonds. The van der Waals surface area contributed by atoms with E-state index in [0.29, 0.717) is 54.1 Å². The van der Waals surface area contributed by atoms with Crippen LogP contribution in [0.1, 0.15) is 42.6 Å². The maximum atomic E-state index is 14.3. The van der Waals surface area contributed by atoms with Crippen LogP contribution in [-0.4, -0.2) is 94.2 Å². The summed E-state index contributed by atoms with van der Waals surface area (Å²) in [5.74, 6) is -0.571. The topological polar surface area (TPSA) is 156 Å². The predicted molar refractivity (Wildman–Crippen MR) is 147 cm³/mol. The number of carbonyl (C=O) groups is 1. The van der Waals surface area contributed by atoms with Gasteiger partial charge in [-0.3, -0.25) is 9.78 Å². The first kappa shape index (κ1) is 29.3. The number of hydrogen-bond donors (Lipinski definition) is 3. The fourth-order valence-electron chi connectivity index (χ4n) is 4.36. The minimum absolute atomic E-state index is 0.138. The quantitative estimate of drug-likeness (QED) is 0.350. The summed E-state index contributed by atoms with van der Waals surface area (Å²) in [6, 6.07) is 8.92. The van der Waals surface area contributed by atoms with Crippen molar-refractivity contribution in [2.24, 2.45) is 0 Å². The van der Waals surface area contributed by atoms with Crippen LogP contribution in [0.2, 0.25) is 0 Å². The Kier molecular flexibility index (Phi) is 8.41. The lowest BCUT2D eigenvalue weighted by Gasteiger charge is -2.33. The van der Waals surface area contributed by atoms with Gasteiger partial charge in [0.15, 0.2) is 0 Å². The van der Waals surface area contributed by atoms with Gasteiger partial charge >= 0.3 is 0 Å². The Balaban J connectivity index is 1.62. The number of alkyl halides is 1. The van der Waals surface area contributed by atoms with E-state index in [0.717, 1.165) is 0 Å². The Morgan fingerprint density at radius 2 is 1.98 bits per heavy atom. The van der Waals surface area contributed by atoms with Gasteiger partial charge in [0.2, 0.25) is 0 Å². The Hall–Kier alpha value is -3.64. The normalized spacial score (nSPS) is 16.1. The molecule has 0 aromatic carbocycles. The van der Waals surface area contributed by atoms with Gasteiger partial charge in [0, 0.05) is 39.4 Å². The van der Waals surface area contributed by atoms with Crippen molar-refractivity contribution in [3.63, 3.8) is 0 Å². The minimum atomic E-state index is -3.53. The minimum Gasteiger partial charge on any atom is -0.387 e. The van der Waals surface area contributed by atoms with E-state index in [2.05, 4.69) is 26.8 Å². The third-order valence-electron chi connectivity index (χ3n) is 6.85. The molecule has 1 fully saturated rings. The summed E-state index contributed by atoms with van der Waals surface area (Å²) >= 11 is 0. The highest BCUT2D eigenvalue weighted by Gasteiger charge is 2.31. The molecule has 0 spiro atoms. The summed E-state index contributed by atoms with van der Waals surface area (Å²) < 4.78 is 43.6. The zero-order chi connectivity index (χ0) is 29.2. The maximum absolute atomic E-state index is 14.3. The van der Waals surface area contributed by atoms with Crippen molar-refractivity contribution in [1.29, 1.82) is 5.26 Å². The molecule has 4 heterocycles. The van der Waals surface area contributed by atoms with Gasteiger partial charge in [-0.25, -0.2) is 8.91 Å². The van der Waals surface area contributed by atoms with Crippen LogP contribution in [-0.2, 0) is 10.2 Å². The van der Waals surface area contributed by atoms with Gasteiger partial charge in [-0.15, -0.1) is 0 Å². The zero-order valence-electron chi connectivity index (χ0n) is 22.8. The molecule has 1 aliphatic rings. The number of anilines is 1. The van der Waals surface area contributed by atoms with Crippen LogP contribution in [0.3, 0.4) is 0 Å². The van der Waals surface area contributed by atoms with Crippen molar-refractivity contribution in [2.75, 3.05) is 39.0 Å². The lowest BCUT2D eigenvalue weighted by Crippen LogP contribution is -2.47. The van der Waals surface area contributed by atoms with Crippen LogP contribution in [0.4, 0.5) is 10.1 Å². The molecule has 0 bridgehead atoms. The number of rotatable bonds is 9. The van der Waals surface area contributed by atoms with Crippen molar-refractivity contribution < 1.29 is 22.7 Å². The fourth-order valence-corrected chi connectivity index (χ4v) is 5.49. The summed E-state index contributed by atoms with van der Waals surface area (Å²) in [5.41, 5.74) is 1.25. The second-order valence-electron chi connectivity index (χ2n) is 10.5. The summed E-state index contributed by atoms with van der Waals surface area (Å²) in [6.45, 7) is 2.87. The number of fused-ring (bicyclic) bond motifs is 1. The van der Waals surface area contributed by atoms with Crippen LogP contribution in [0.15, 0.2) is 36.7 Å². The highest BCUT2D eigenvalue weighted by molar-refractivity contribution is 7.86. The number of nitrogens with one attached hydrogen (secondary N) is 2. The summed E-state index contributed by atoms with van der Waals surface area (Å²) in [7, 11) is -0.548. The van der Waals surface area contributed by atoms with E-state index < -0.39 is 34.4 Å². The van der Waals surface area contributed by atoms with Crippen LogP contribution in [0.5, 0.6) is 0 Å². The first-order valence-electron chi connectivity index (χ1n) is 12.8. The number of aromatic nitrogens is 3. The number of pyridine rings is 1. The highest BCUT2D eigenvalue weighted by atomic mass is 32.2. The number of amides is 1. The Labute approximate surface area is 232 Å². The second-order valence-corrected chi connectivity index (χ2v) is 12.6. The molecule has 4 rings (SSSR count). The summed E-state index contributed by atoms with van der Waals surface area (Å²) in [6.07, 6.45) is 2.16. The molecule has 3 aromatic rings. The first-order chi connectivity index (χ1) is 18.8. The molecule has 0 radical (unpaired) electrons. The van der Waals surface area contributed by atoms with Crippen LogP contribution >= 0.6 is 0 Å². The standard InChI is InChI=1S/C26H33FN8O4S/c1-26(2,37)24(27)16-30-25(36)20-15-29-22(23-6-5-19-11-17(13-28)14-31-35(19)23)12-21(20)32-18-7-9-34(10-8-18)40(38,39)33(3)4/h5-6,11-12,14-15,18,24,37H,7-10,16H2,1-4H3,(H,29,32)(H,30,36). The third kappa shape index (κ3) is 6.23. The molecule has 1 saturated heterocycles. The van der Waals surface area contributed by atoms with Crippen LogP contribution in [0, 0.1) is 11.3 Å². The van der Waals surface area contributed by atoms with E-state index in [4.69, 9.17) is 0 Å². The number of nitrogens with zero attached hydrogens (tertiary/aromatic N) is 6. The van der Waals surface area contributed by atoms with E-state index in [1.807, 2.05) is 0 Å². The number of halogens is 1. The third-order valence-corrected chi connectivity index (χ3v) is 8.79. The fraction of sp³-hybridized carbons (Fsp3) is 0.462. The second kappa shape index (κ2) is 11.5. The Morgan fingerprint density at radius 1 is 1.27 bits per heavy atom. The molecule has 1 aliphatic heterocycles. The van der Waals surface area contributed by atoms with Gasteiger partial charge < -0.3 is 15.7 Å². The molecule has 0 saturated carbocycles. The van der Waals surface area contributed by atoms with Gasteiger partial charge in [-0.05, 0) is 51.0 Å². The average molecular weight is 573 g/mol. The van der Waals surface area contributed by atoms with Crippen molar-refractivity contribution in [3.8, 4) is 17.5 Å². The van der Waals surface area contributed by atoms with Gasteiger partial charge in [0.05, 0.1) is 52.1 Å². The van der Waals surface area contributed by atoms with E-state index >= 15 is 0 Å². The summed E-state index contributed by atoms with van der Waals surface area (Å²) in [4.78, 5) is 17.6. The molecule has 0 aliphatic carbocycles. The Morgan fingerprint density at radius 3 is 2.60 bits per heavy atom. The van der Waals surface area contributed by atoms with Gasteiger partial charge in [-0.2, -0.15) is 27.4 Å². The number of carbonyl (C=O) groups excluding carboxylic acids is 1.